The molecule has 4 rings (SSSR count). The molecule has 2 heterocycles. The van der Waals surface area contributed by atoms with Crippen LogP contribution in [-0.4, -0.2) is 26.1 Å². The Morgan fingerprint density at radius 2 is 2.10 bits per heavy atom. The van der Waals surface area contributed by atoms with Gasteiger partial charge < -0.3 is 10.3 Å². The Labute approximate surface area is 114 Å². The standard InChI is InChI=1S/C14H12FN5/c15-10-5-8-3-1-2-4-9(8)11(10)20-14-12-13(17-6-16-12)18-7-19-14/h1-4,6-7,10-11H,5H2,(H2,16,17,18,19,20)/t10-,11+/m1/s1. The third-order valence-electron chi connectivity index (χ3n) is 3.68. The van der Waals surface area contributed by atoms with E-state index in [-0.39, 0.29) is 6.04 Å². The molecule has 2 N–H and O–H groups in total. The molecule has 0 saturated carbocycles. The van der Waals surface area contributed by atoms with Gasteiger partial charge in [0.25, 0.3) is 0 Å². The molecular formula is C14H12FN5. The Morgan fingerprint density at radius 1 is 1.20 bits per heavy atom. The molecule has 1 aliphatic rings. The number of imidazole rings is 1. The molecule has 0 aliphatic heterocycles. The van der Waals surface area contributed by atoms with Crippen molar-refractivity contribution in [2.75, 3.05) is 5.32 Å². The van der Waals surface area contributed by atoms with Crippen LogP contribution in [0, 0.1) is 0 Å². The number of hydrogen-bond donors (Lipinski definition) is 2. The zero-order chi connectivity index (χ0) is 13.5. The fourth-order valence-corrected chi connectivity index (χ4v) is 2.74. The lowest BCUT2D eigenvalue weighted by Crippen LogP contribution is -2.18. The number of hydrogen-bond acceptors (Lipinski definition) is 4. The third kappa shape index (κ3) is 1.65. The van der Waals surface area contributed by atoms with Gasteiger partial charge in [-0.05, 0) is 11.1 Å². The van der Waals surface area contributed by atoms with Crippen molar-refractivity contribution in [3.63, 3.8) is 0 Å². The molecule has 3 aromatic rings. The second-order valence-electron chi connectivity index (χ2n) is 4.86. The summed E-state index contributed by atoms with van der Waals surface area (Å²) < 4.78 is 14.3. The molecule has 2 atom stereocenters. The van der Waals surface area contributed by atoms with E-state index in [0.717, 1.165) is 11.1 Å². The van der Waals surface area contributed by atoms with Gasteiger partial charge in [-0.15, -0.1) is 0 Å². The second kappa shape index (κ2) is 4.26. The van der Waals surface area contributed by atoms with Gasteiger partial charge in [-0.2, -0.15) is 0 Å². The highest BCUT2D eigenvalue weighted by atomic mass is 19.1. The minimum absolute atomic E-state index is 0.382. The zero-order valence-corrected chi connectivity index (χ0v) is 10.5. The van der Waals surface area contributed by atoms with Crippen molar-refractivity contribution >= 4 is 17.0 Å². The molecule has 0 bridgehead atoms. The summed E-state index contributed by atoms with van der Waals surface area (Å²) in [5.74, 6) is 0.580. The monoisotopic (exact) mass is 269 g/mol. The van der Waals surface area contributed by atoms with Gasteiger partial charge in [0.15, 0.2) is 11.5 Å². The number of aromatic amines is 1. The predicted molar refractivity (Wildman–Crippen MR) is 73.1 cm³/mol. The van der Waals surface area contributed by atoms with Crippen molar-refractivity contribution < 1.29 is 4.39 Å². The fourth-order valence-electron chi connectivity index (χ4n) is 2.74. The fraction of sp³-hybridized carbons (Fsp3) is 0.214. The highest BCUT2D eigenvalue weighted by Crippen LogP contribution is 2.36. The van der Waals surface area contributed by atoms with Crippen LogP contribution in [0.2, 0.25) is 0 Å². The van der Waals surface area contributed by atoms with E-state index < -0.39 is 6.17 Å². The molecule has 0 saturated heterocycles. The third-order valence-corrected chi connectivity index (χ3v) is 3.68. The lowest BCUT2D eigenvalue weighted by Gasteiger charge is -2.17. The number of benzene rings is 1. The van der Waals surface area contributed by atoms with Crippen LogP contribution in [0.5, 0.6) is 0 Å². The van der Waals surface area contributed by atoms with Crippen molar-refractivity contribution in [3.8, 4) is 0 Å². The number of H-pyrrole nitrogens is 1. The summed E-state index contributed by atoms with van der Waals surface area (Å²) in [7, 11) is 0. The first-order valence-electron chi connectivity index (χ1n) is 6.45. The predicted octanol–water partition coefficient (Wildman–Crippen LogP) is 2.40. The van der Waals surface area contributed by atoms with Gasteiger partial charge in [-0.25, -0.2) is 19.3 Å². The molecule has 100 valence electrons. The Hall–Kier alpha value is -2.50. The smallest absolute Gasteiger partial charge is 0.182 e. The van der Waals surface area contributed by atoms with Gasteiger partial charge in [0.1, 0.15) is 18.0 Å². The lowest BCUT2D eigenvalue weighted by molar-refractivity contribution is 0.315. The van der Waals surface area contributed by atoms with Crippen LogP contribution < -0.4 is 5.32 Å². The van der Waals surface area contributed by atoms with Crippen molar-refractivity contribution in [3.05, 3.63) is 48.0 Å². The van der Waals surface area contributed by atoms with Crippen LogP contribution in [0.4, 0.5) is 10.2 Å². The van der Waals surface area contributed by atoms with Gasteiger partial charge in [0.2, 0.25) is 0 Å². The van der Waals surface area contributed by atoms with E-state index in [0.29, 0.717) is 23.4 Å². The summed E-state index contributed by atoms with van der Waals surface area (Å²) in [5.41, 5.74) is 3.31. The molecule has 2 aromatic heterocycles. The van der Waals surface area contributed by atoms with E-state index >= 15 is 0 Å². The van der Waals surface area contributed by atoms with E-state index in [2.05, 4.69) is 25.3 Å². The molecule has 0 fully saturated rings. The maximum absolute atomic E-state index is 14.3. The maximum atomic E-state index is 14.3. The number of rotatable bonds is 2. The minimum atomic E-state index is -0.958. The number of anilines is 1. The van der Waals surface area contributed by atoms with Crippen LogP contribution in [0.1, 0.15) is 17.2 Å². The minimum Gasteiger partial charge on any atom is -0.358 e. The van der Waals surface area contributed by atoms with Crippen molar-refractivity contribution in [2.24, 2.45) is 0 Å². The quantitative estimate of drug-likeness (QED) is 0.749. The van der Waals surface area contributed by atoms with Gasteiger partial charge in [0, 0.05) is 6.42 Å². The molecule has 6 heteroatoms. The van der Waals surface area contributed by atoms with Crippen LogP contribution in [0.25, 0.3) is 11.2 Å². The summed E-state index contributed by atoms with van der Waals surface area (Å²) in [6, 6.07) is 7.41. The van der Waals surface area contributed by atoms with E-state index in [1.807, 2.05) is 24.3 Å². The molecular weight excluding hydrogens is 257 g/mol. The number of nitrogens with one attached hydrogen (secondary N) is 2. The van der Waals surface area contributed by atoms with Crippen molar-refractivity contribution in [2.45, 2.75) is 18.6 Å². The van der Waals surface area contributed by atoms with Gasteiger partial charge in [0.05, 0.1) is 12.4 Å². The Morgan fingerprint density at radius 3 is 3.05 bits per heavy atom. The molecule has 0 spiro atoms. The maximum Gasteiger partial charge on any atom is 0.182 e. The highest BCUT2D eigenvalue weighted by molar-refractivity contribution is 5.82. The van der Waals surface area contributed by atoms with Crippen LogP contribution in [-0.2, 0) is 6.42 Å². The number of alkyl halides is 1. The summed E-state index contributed by atoms with van der Waals surface area (Å²) in [5, 5.41) is 3.18. The normalized spacial score (nSPS) is 21.1. The summed E-state index contributed by atoms with van der Waals surface area (Å²) in [4.78, 5) is 15.3. The van der Waals surface area contributed by atoms with E-state index in [4.69, 9.17) is 0 Å². The summed E-state index contributed by atoms with van der Waals surface area (Å²) in [6.07, 6.45) is 2.46. The van der Waals surface area contributed by atoms with Crippen molar-refractivity contribution in [1.82, 2.24) is 19.9 Å². The van der Waals surface area contributed by atoms with Gasteiger partial charge in [-0.1, -0.05) is 24.3 Å². The lowest BCUT2D eigenvalue weighted by atomic mass is 10.1. The molecule has 0 unspecified atom stereocenters. The topological polar surface area (TPSA) is 66.5 Å². The Kier molecular flexibility index (Phi) is 2.42. The highest BCUT2D eigenvalue weighted by Gasteiger charge is 2.32. The molecule has 0 amide bonds. The Bertz CT molecular complexity index is 769. The molecule has 0 radical (unpaired) electrons. The average Bonchev–Trinajstić information content (AvgIpc) is 3.05. The second-order valence-corrected chi connectivity index (χ2v) is 4.86. The van der Waals surface area contributed by atoms with E-state index in [1.54, 1.807) is 6.33 Å². The SMILES string of the molecule is F[C@@H]1Cc2ccccc2[C@@H]1Nc1ncnc2nc[nH]c12. The van der Waals surface area contributed by atoms with Crippen LogP contribution in [0.3, 0.4) is 0 Å². The number of nitrogens with zero attached hydrogens (tertiary/aromatic N) is 3. The number of fused-ring (bicyclic) bond motifs is 2. The summed E-state index contributed by atoms with van der Waals surface area (Å²) in [6.45, 7) is 0. The molecule has 20 heavy (non-hydrogen) atoms. The first-order valence-corrected chi connectivity index (χ1v) is 6.45. The summed E-state index contributed by atoms with van der Waals surface area (Å²) >= 11 is 0. The average molecular weight is 269 g/mol. The zero-order valence-electron chi connectivity index (χ0n) is 10.5. The first kappa shape index (κ1) is 11.3. The largest absolute Gasteiger partial charge is 0.358 e. The Balaban J connectivity index is 1.74. The van der Waals surface area contributed by atoms with E-state index in [1.165, 1.54) is 6.33 Å². The molecule has 5 nitrogen and oxygen atoms in total. The van der Waals surface area contributed by atoms with Crippen molar-refractivity contribution in [1.29, 1.82) is 0 Å². The molecule has 1 aliphatic carbocycles. The van der Waals surface area contributed by atoms with Crippen LogP contribution in [0.15, 0.2) is 36.9 Å². The van der Waals surface area contributed by atoms with Gasteiger partial charge >= 0.3 is 0 Å². The van der Waals surface area contributed by atoms with E-state index in [9.17, 15) is 4.39 Å². The number of halogens is 1. The molecule has 1 aromatic carbocycles. The first-order chi connectivity index (χ1) is 9.83. The van der Waals surface area contributed by atoms with Gasteiger partial charge in [-0.3, -0.25) is 0 Å². The number of aromatic nitrogens is 4. The van der Waals surface area contributed by atoms with Crippen LogP contribution >= 0.6 is 0 Å².